The lowest BCUT2D eigenvalue weighted by molar-refractivity contribution is 0.0682. The molecular weight excluding hydrogens is 302 g/mol. The molecule has 5 heteroatoms. The third-order valence-electron chi connectivity index (χ3n) is 3.85. The Labute approximate surface area is 142 Å². The molecule has 3 rings (SSSR count). The number of urea groups is 1. The molecule has 0 unspecified atom stereocenters. The van der Waals surface area contributed by atoms with E-state index >= 15 is 0 Å². The summed E-state index contributed by atoms with van der Waals surface area (Å²) >= 11 is 0. The Balaban J connectivity index is 1.82. The molecule has 124 valence electrons. The Morgan fingerprint density at radius 1 is 1.04 bits per heavy atom. The van der Waals surface area contributed by atoms with E-state index in [1.807, 2.05) is 61.5 Å². The van der Waals surface area contributed by atoms with Gasteiger partial charge in [0.2, 0.25) is 0 Å². The van der Waals surface area contributed by atoms with Crippen molar-refractivity contribution >= 4 is 17.6 Å². The van der Waals surface area contributed by atoms with Gasteiger partial charge >= 0.3 is 6.03 Å². The van der Waals surface area contributed by atoms with Crippen LogP contribution in [0.5, 0.6) is 0 Å². The molecule has 0 saturated carbocycles. The maximum Gasteiger partial charge on any atom is 0.347 e. The first-order valence-corrected chi connectivity index (χ1v) is 8.07. The van der Waals surface area contributed by atoms with Crippen molar-refractivity contribution < 1.29 is 9.53 Å². The number of amidine groups is 1. The molecule has 2 aromatic carbocycles. The van der Waals surface area contributed by atoms with Crippen LogP contribution in [0.1, 0.15) is 11.1 Å². The van der Waals surface area contributed by atoms with Crippen LogP contribution in [-0.4, -0.2) is 43.1 Å². The molecule has 0 aliphatic carbocycles. The zero-order valence-electron chi connectivity index (χ0n) is 13.7. The number of hydrogen-bond acceptors (Lipinski definition) is 2. The molecule has 5 nitrogen and oxygen atoms in total. The number of nitrogens with zero attached hydrogens (tertiary/aromatic N) is 2. The van der Waals surface area contributed by atoms with Gasteiger partial charge in [0.25, 0.3) is 0 Å². The van der Waals surface area contributed by atoms with Crippen LogP contribution in [0.15, 0.2) is 59.6 Å². The van der Waals surface area contributed by atoms with Gasteiger partial charge in [0, 0.05) is 24.3 Å². The Bertz CT molecular complexity index is 705. The summed E-state index contributed by atoms with van der Waals surface area (Å²) in [5, 5.41) is 2.82. The first-order chi connectivity index (χ1) is 11.7. The maximum atomic E-state index is 12.4. The molecule has 1 aliphatic rings. The van der Waals surface area contributed by atoms with Gasteiger partial charge in [0.1, 0.15) is 5.84 Å². The summed E-state index contributed by atoms with van der Waals surface area (Å²) in [7, 11) is 0. The minimum absolute atomic E-state index is 0.371. The minimum atomic E-state index is -0.371. The monoisotopic (exact) mass is 323 g/mol. The molecule has 0 spiro atoms. The highest BCUT2D eigenvalue weighted by atomic mass is 16.5. The second kappa shape index (κ2) is 7.75. The fraction of sp³-hybridized carbons (Fsp3) is 0.263. The van der Waals surface area contributed by atoms with Crippen LogP contribution in [0.3, 0.4) is 0 Å². The van der Waals surface area contributed by atoms with E-state index in [-0.39, 0.29) is 6.03 Å². The standard InChI is InChI=1S/C19H21N3O2/c1-15-7-9-17(10-8-15)20-19(23)21-18(16-5-3-2-4-6-16)22-11-13-24-14-12-22/h2-10H,11-14H2,1H3,(H,20,23). The fourth-order valence-electron chi connectivity index (χ4n) is 2.56. The van der Waals surface area contributed by atoms with Gasteiger partial charge in [0.05, 0.1) is 13.2 Å². The second-order valence-electron chi connectivity index (χ2n) is 5.70. The quantitative estimate of drug-likeness (QED) is 0.681. The van der Waals surface area contributed by atoms with E-state index in [0.29, 0.717) is 19.0 Å². The average molecular weight is 323 g/mol. The SMILES string of the molecule is Cc1ccc(NC(=O)N=C(c2ccccc2)N2CCOCC2)cc1. The number of ether oxygens (including phenoxy) is 1. The summed E-state index contributed by atoms with van der Waals surface area (Å²) in [5.41, 5.74) is 2.82. The highest BCUT2D eigenvalue weighted by Gasteiger charge is 2.18. The number of aliphatic imine (C=N–C) groups is 1. The van der Waals surface area contributed by atoms with Crippen LogP contribution in [0.2, 0.25) is 0 Å². The number of benzene rings is 2. The molecule has 0 atom stereocenters. The summed E-state index contributed by atoms with van der Waals surface area (Å²) < 4.78 is 5.40. The van der Waals surface area contributed by atoms with Crippen molar-refractivity contribution in [2.24, 2.45) is 4.99 Å². The number of anilines is 1. The van der Waals surface area contributed by atoms with Crippen molar-refractivity contribution in [3.63, 3.8) is 0 Å². The van der Waals surface area contributed by atoms with Crippen LogP contribution in [-0.2, 0) is 4.74 Å². The first-order valence-electron chi connectivity index (χ1n) is 8.07. The van der Waals surface area contributed by atoms with E-state index < -0.39 is 0 Å². The zero-order chi connectivity index (χ0) is 16.8. The number of carbonyl (C=O) groups is 1. The Hall–Kier alpha value is -2.66. The Morgan fingerprint density at radius 3 is 2.38 bits per heavy atom. The molecule has 1 fully saturated rings. The normalized spacial score (nSPS) is 15.2. The van der Waals surface area contributed by atoms with Gasteiger partial charge < -0.3 is 15.0 Å². The fourth-order valence-corrected chi connectivity index (χ4v) is 2.56. The predicted molar refractivity (Wildman–Crippen MR) is 95.6 cm³/mol. The molecular formula is C19H21N3O2. The zero-order valence-corrected chi connectivity index (χ0v) is 13.7. The summed E-state index contributed by atoms with van der Waals surface area (Å²) in [6, 6.07) is 17.1. The van der Waals surface area contributed by atoms with Gasteiger partial charge in [-0.2, -0.15) is 4.99 Å². The van der Waals surface area contributed by atoms with E-state index in [0.717, 1.165) is 29.9 Å². The lowest BCUT2D eigenvalue weighted by Gasteiger charge is -2.29. The predicted octanol–water partition coefficient (Wildman–Crippen LogP) is 3.31. The molecule has 1 saturated heterocycles. The van der Waals surface area contributed by atoms with E-state index in [1.165, 1.54) is 0 Å². The molecule has 2 amide bonds. The third kappa shape index (κ3) is 4.20. The number of nitrogens with one attached hydrogen (secondary N) is 1. The Kier molecular flexibility index (Phi) is 5.23. The molecule has 1 aliphatic heterocycles. The maximum absolute atomic E-state index is 12.4. The van der Waals surface area contributed by atoms with Crippen molar-refractivity contribution in [2.45, 2.75) is 6.92 Å². The molecule has 1 heterocycles. The van der Waals surface area contributed by atoms with Crippen LogP contribution in [0.4, 0.5) is 10.5 Å². The smallest absolute Gasteiger partial charge is 0.347 e. The molecule has 24 heavy (non-hydrogen) atoms. The van der Waals surface area contributed by atoms with Crippen LogP contribution in [0, 0.1) is 6.92 Å². The number of carbonyl (C=O) groups excluding carboxylic acids is 1. The summed E-state index contributed by atoms with van der Waals surface area (Å²) in [6.45, 7) is 4.75. The van der Waals surface area contributed by atoms with Crippen molar-refractivity contribution in [1.29, 1.82) is 0 Å². The van der Waals surface area contributed by atoms with Crippen LogP contribution in [0.25, 0.3) is 0 Å². The largest absolute Gasteiger partial charge is 0.378 e. The van der Waals surface area contributed by atoms with Gasteiger partial charge in [-0.3, -0.25) is 0 Å². The van der Waals surface area contributed by atoms with E-state index in [4.69, 9.17) is 4.74 Å². The van der Waals surface area contributed by atoms with Gasteiger partial charge in [-0.1, -0.05) is 48.0 Å². The van der Waals surface area contributed by atoms with Gasteiger partial charge in [0.15, 0.2) is 0 Å². The number of rotatable bonds is 2. The number of aryl methyl sites for hydroxylation is 1. The van der Waals surface area contributed by atoms with Crippen molar-refractivity contribution in [2.75, 3.05) is 31.6 Å². The summed E-state index contributed by atoms with van der Waals surface area (Å²) in [4.78, 5) is 18.8. The molecule has 0 bridgehead atoms. The molecule has 0 aromatic heterocycles. The lowest BCUT2D eigenvalue weighted by atomic mass is 10.2. The Morgan fingerprint density at radius 2 is 1.71 bits per heavy atom. The van der Waals surface area contributed by atoms with Gasteiger partial charge in [-0.25, -0.2) is 4.79 Å². The van der Waals surface area contributed by atoms with E-state index in [9.17, 15) is 4.79 Å². The minimum Gasteiger partial charge on any atom is -0.378 e. The van der Waals surface area contributed by atoms with E-state index in [1.54, 1.807) is 0 Å². The van der Waals surface area contributed by atoms with Crippen molar-refractivity contribution in [3.05, 3.63) is 65.7 Å². The van der Waals surface area contributed by atoms with Crippen LogP contribution < -0.4 is 5.32 Å². The number of morpholine rings is 1. The average Bonchev–Trinajstić information content (AvgIpc) is 2.63. The summed E-state index contributed by atoms with van der Waals surface area (Å²) in [6.07, 6.45) is 0. The number of amides is 2. The molecule has 2 aromatic rings. The topological polar surface area (TPSA) is 53.9 Å². The van der Waals surface area contributed by atoms with Crippen molar-refractivity contribution in [3.8, 4) is 0 Å². The highest BCUT2D eigenvalue weighted by Crippen LogP contribution is 2.12. The lowest BCUT2D eigenvalue weighted by Crippen LogP contribution is -2.41. The van der Waals surface area contributed by atoms with Crippen LogP contribution >= 0.6 is 0 Å². The second-order valence-corrected chi connectivity index (χ2v) is 5.70. The third-order valence-corrected chi connectivity index (χ3v) is 3.85. The number of hydrogen-bond donors (Lipinski definition) is 1. The molecule has 1 N–H and O–H groups in total. The highest BCUT2D eigenvalue weighted by molar-refractivity contribution is 6.07. The molecule has 0 radical (unpaired) electrons. The van der Waals surface area contributed by atoms with Gasteiger partial charge in [-0.15, -0.1) is 0 Å². The van der Waals surface area contributed by atoms with Crippen molar-refractivity contribution in [1.82, 2.24) is 4.90 Å². The first kappa shape index (κ1) is 16.2. The summed E-state index contributed by atoms with van der Waals surface area (Å²) in [5.74, 6) is 0.684. The van der Waals surface area contributed by atoms with E-state index in [2.05, 4.69) is 15.2 Å². The van der Waals surface area contributed by atoms with Gasteiger partial charge in [-0.05, 0) is 19.1 Å².